The Kier molecular flexibility index (Phi) is 3.66. The predicted molar refractivity (Wildman–Crippen MR) is 69.7 cm³/mol. The molecule has 0 N–H and O–H groups in total. The zero-order valence-electron chi connectivity index (χ0n) is 10.7. The highest BCUT2D eigenvalue weighted by Crippen LogP contribution is 2.35. The summed E-state index contributed by atoms with van der Waals surface area (Å²) in [6.07, 6.45) is -0.943. The lowest BCUT2D eigenvalue weighted by Gasteiger charge is -2.33. The molecule has 1 aromatic rings. The monoisotopic (exact) mass is 285 g/mol. The van der Waals surface area contributed by atoms with Gasteiger partial charge in [-0.2, -0.15) is 0 Å². The van der Waals surface area contributed by atoms with Gasteiger partial charge < -0.3 is 9.47 Å². The van der Waals surface area contributed by atoms with Gasteiger partial charge in [-0.05, 0) is 19.1 Å². The van der Waals surface area contributed by atoms with Crippen molar-refractivity contribution in [3.63, 3.8) is 0 Å². The second-order valence-corrected chi connectivity index (χ2v) is 6.21. The van der Waals surface area contributed by atoms with Gasteiger partial charge >= 0.3 is 5.97 Å². The molecule has 104 valence electrons. The number of carbonyl (C=O) groups excluding carboxylic acids is 1. The molecule has 0 aliphatic carbocycles. The molecule has 0 fully saturated rings. The van der Waals surface area contributed by atoms with Crippen molar-refractivity contribution in [2.75, 3.05) is 23.7 Å². The van der Waals surface area contributed by atoms with Gasteiger partial charge in [0.2, 0.25) is 16.1 Å². The van der Waals surface area contributed by atoms with E-state index in [2.05, 4.69) is 4.74 Å². The molecule has 0 amide bonds. The van der Waals surface area contributed by atoms with E-state index in [1.54, 1.807) is 31.2 Å². The third-order valence-electron chi connectivity index (χ3n) is 2.90. The van der Waals surface area contributed by atoms with E-state index in [4.69, 9.17) is 4.74 Å². The summed E-state index contributed by atoms with van der Waals surface area (Å²) in [4.78, 5) is 11.6. The quantitative estimate of drug-likeness (QED) is 0.767. The number of nitrogens with zero attached hydrogens (tertiary/aromatic N) is 1. The number of sulfonamides is 1. The number of hydrogen-bond donors (Lipinski definition) is 0. The average Bonchev–Trinajstić information content (AvgIpc) is 2.45. The lowest BCUT2D eigenvalue weighted by Crippen LogP contribution is -2.47. The second kappa shape index (κ2) is 5.08. The van der Waals surface area contributed by atoms with Crippen LogP contribution in [0.1, 0.15) is 6.92 Å². The smallest absolute Gasteiger partial charge is 0.348 e. The number of rotatable bonds is 3. The van der Waals surface area contributed by atoms with Crippen LogP contribution >= 0.6 is 0 Å². The summed E-state index contributed by atoms with van der Waals surface area (Å²) >= 11 is 0. The Balaban J connectivity index is 2.45. The maximum atomic E-state index is 12.1. The zero-order valence-corrected chi connectivity index (χ0v) is 11.5. The molecule has 1 aromatic carbocycles. The Bertz CT molecular complexity index is 584. The second-order valence-electron chi connectivity index (χ2n) is 4.03. The van der Waals surface area contributed by atoms with E-state index in [1.165, 1.54) is 11.4 Å². The lowest BCUT2D eigenvalue weighted by atomic mass is 10.2. The first-order valence-electron chi connectivity index (χ1n) is 5.83. The number of anilines is 1. The first-order chi connectivity index (χ1) is 8.99. The molecule has 0 saturated carbocycles. The molecular weight excluding hydrogens is 270 g/mol. The number of benzene rings is 1. The highest BCUT2D eigenvalue weighted by molar-refractivity contribution is 7.92. The Labute approximate surface area is 112 Å². The molecule has 2 rings (SSSR count). The Morgan fingerprint density at radius 3 is 2.79 bits per heavy atom. The Morgan fingerprint density at radius 2 is 2.16 bits per heavy atom. The maximum Gasteiger partial charge on any atom is 0.348 e. The van der Waals surface area contributed by atoms with E-state index in [1.807, 2.05) is 0 Å². The van der Waals surface area contributed by atoms with E-state index < -0.39 is 22.1 Å². The van der Waals surface area contributed by atoms with Gasteiger partial charge in [-0.25, -0.2) is 13.2 Å². The van der Waals surface area contributed by atoms with Crippen LogP contribution < -0.4 is 9.04 Å². The van der Waals surface area contributed by atoms with Crippen LogP contribution in [0.25, 0.3) is 0 Å². The highest BCUT2D eigenvalue weighted by Gasteiger charge is 2.36. The first kappa shape index (κ1) is 13.7. The summed E-state index contributed by atoms with van der Waals surface area (Å²) in [6.45, 7) is 1.49. The van der Waals surface area contributed by atoms with Gasteiger partial charge in [0.25, 0.3) is 0 Å². The van der Waals surface area contributed by atoms with Gasteiger partial charge in [0.1, 0.15) is 5.75 Å². The minimum atomic E-state index is -3.46. The lowest BCUT2D eigenvalue weighted by molar-refractivity contribution is -0.148. The summed E-state index contributed by atoms with van der Waals surface area (Å²) < 4.78 is 35.5. The predicted octanol–water partition coefficient (Wildman–Crippen LogP) is 0.777. The summed E-state index contributed by atoms with van der Waals surface area (Å²) in [7, 11) is -2.22. The minimum absolute atomic E-state index is 0.0464. The molecule has 1 aliphatic rings. The van der Waals surface area contributed by atoms with E-state index in [9.17, 15) is 13.2 Å². The van der Waals surface area contributed by atoms with Crippen molar-refractivity contribution in [1.29, 1.82) is 0 Å². The number of para-hydroxylation sites is 2. The van der Waals surface area contributed by atoms with Gasteiger partial charge in [0, 0.05) is 0 Å². The summed E-state index contributed by atoms with van der Waals surface area (Å²) in [5, 5.41) is 0. The van der Waals surface area contributed by atoms with Crippen molar-refractivity contribution >= 4 is 21.7 Å². The van der Waals surface area contributed by atoms with Crippen molar-refractivity contribution < 1.29 is 22.7 Å². The minimum Gasteiger partial charge on any atom is -0.475 e. The first-order valence-corrected chi connectivity index (χ1v) is 7.44. The van der Waals surface area contributed by atoms with Crippen LogP contribution in [-0.4, -0.2) is 39.9 Å². The van der Waals surface area contributed by atoms with Gasteiger partial charge in [-0.15, -0.1) is 0 Å². The molecule has 0 radical (unpaired) electrons. The molecule has 1 heterocycles. The molecule has 19 heavy (non-hydrogen) atoms. The van der Waals surface area contributed by atoms with E-state index in [0.717, 1.165) is 0 Å². The van der Waals surface area contributed by atoms with Crippen molar-refractivity contribution in [1.82, 2.24) is 0 Å². The van der Waals surface area contributed by atoms with Crippen LogP contribution in [0, 0.1) is 0 Å². The van der Waals surface area contributed by atoms with Crippen LogP contribution in [0.2, 0.25) is 0 Å². The van der Waals surface area contributed by atoms with Crippen molar-refractivity contribution in [3.05, 3.63) is 24.3 Å². The summed E-state index contributed by atoms with van der Waals surface area (Å²) in [5.41, 5.74) is 0.449. The highest BCUT2D eigenvalue weighted by atomic mass is 32.2. The van der Waals surface area contributed by atoms with Gasteiger partial charge in [0.05, 0.1) is 25.1 Å². The van der Waals surface area contributed by atoms with Crippen LogP contribution in [0.4, 0.5) is 5.69 Å². The van der Waals surface area contributed by atoms with Crippen LogP contribution in [0.5, 0.6) is 5.75 Å². The molecular formula is C12H15NO5S. The number of methoxy groups -OCH3 is 1. The molecule has 0 bridgehead atoms. The molecule has 6 nitrogen and oxygen atoms in total. The SMILES string of the molecule is CCS(=O)(=O)N1C[C@@H](C(=O)OC)Oc2ccccc21. The number of hydrogen-bond acceptors (Lipinski definition) is 5. The maximum absolute atomic E-state index is 12.1. The zero-order chi connectivity index (χ0) is 14.0. The van der Waals surface area contributed by atoms with Crippen molar-refractivity contribution in [3.8, 4) is 5.75 Å². The normalized spacial score (nSPS) is 18.4. The molecule has 1 atom stereocenters. The molecule has 0 aromatic heterocycles. The van der Waals surface area contributed by atoms with Gasteiger partial charge in [-0.3, -0.25) is 4.31 Å². The fourth-order valence-corrected chi connectivity index (χ4v) is 3.00. The number of fused-ring (bicyclic) bond motifs is 1. The van der Waals surface area contributed by atoms with Crippen LogP contribution in [0.3, 0.4) is 0 Å². The van der Waals surface area contributed by atoms with E-state index >= 15 is 0 Å². The molecule has 0 saturated heterocycles. The van der Waals surface area contributed by atoms with Crippen molar-refractivity contribution in [2.24, 2.45) is 0 Å². The number of ether oxygens (including phenoxy) is 2. The van der Waals surface area contributed by atoms with E-state index in [0.29, 0.717) is 11.4 Å². The van der Waals surface area contributed by atoms with Crippen molar-refractivity contribution in [2.45, 2.75) is 13.0 Å². The van der Waals surface area contributed by atoms with Crippen LogP contribution in [-0.2, 0) is 19.6 Å². The molecule has 0 unspecified atom stereocenters. The Hall–Kier alpha value is -1.76. The fourth-order valence-electron chi connectivity index (χ4n) is 1.88. The van der Waals surface area contributed by atoms with Gasteiger partial charge in [-0.1, -0.05) is 12.1 Å². The Morgan fingerprint density at radius 1 is 1.47 bits per heavy atom. The van der Waals surface area contributed by atoms with Crippen LogP contribution in [0.15, 0.2) is 24.3 Å². The largest absolute Gasteiger partial charge is 0.475 e. The molecule has 1 aliphatic heterocycles. The summed E-state index contributed by atoms with van der Waals surface area (Å²) in [6, 6.07) is 6.72. The molecule has 7 heteroatoms. The summed E-state index contributed by atoms with van der Waals surface area (Å²) in [5.74, 6) is -0.276. The van der Waals surface area contributed by atoms with E-state index in [-0.39, 0.29) is 12.3 Å². The third-order valence-corrected chi connectivity index (χ3v) is 4.65. The molecule has 0 spiro atoms. The number of esters is 1. The average molecular weight is 285 g/mol. The van der Waals surface area contributed by atoms with Gasteiger partial charge in [0.15, 0.2) is 0 Å². The third kappa shape index (κ3) is 2.51. The number of carbonyl (C=O) groups is 1. The standard InChI is InChI=1S/C12H15NO5S/c1-3-19(15,16)13-8-11(12(14)17-2)18-10-7-5-4-6-9(10)13/h4-7,11H,3,8H2,1-2H3/t11-/m0/s1. The topological polar surface area (TPSA) is 72.9 Å². The fraction of sp³-hybridized carbons (Fsp3) is 0.417.